The van der Waals surface area contributed by atoms with E-state index in [1.54, 1.807) is 0 Å². The quantitative estimate of drug-likeness (QED) is 0.478. The van der Waals surface area contributed by atoms with Crippen LogP contribution in [0.4, 0.5) is 20.2 Å². The van der Waals surface area contributed by atoms with Gasteiger partial charge >= 0.3 is 5.97 Å². The summed E-state index contributed by atoms with van der Waals surface area (Å²) in [6, 6.07) is 5.64. The van der Waals surface area contributed by atoms with Crippen LogP contribution in [0.15, 0.2) is 36.4 Å². The Hall–Kier alpha value is -3.56. The normalized spacial score (nSPS) is 10.1. The van der Waals surface area contributed by atoms with E-state index in [0.717, 1.165) is 18.2 Å². The summed E-state index contributed by atoms with van der Waals surface area (Å²) >= 11 is 0. The summed E-state index contributed by atoms with van der Waals surface area (Å²) in [6.45, 7) is -0.775. The molecule has 0 bridgehead atoms. The molecule has 0 fully saturated rings. The molecule has 0 radical (unpaired) electrons. The highest BCUT2D eigenvalue weighted by atomic mass is 19.1. The number of methoxy groups -OCH3 is 1. The Kier molecular flexibility index (Phi) is 5.78. The summed E-state index contributed by atoms with van der Waals surface area (Å²) in [5.74, 6) is -3.72. The first-order valence-electron chi connectivity index (χ1n) is 7.05. The Morgan fingerprint density at radius 1 is 1.15 bits per heavy atom. The van der Waals surface area contributed by atoms with Gasteiger partial charge in [-0.3, -0.25) is 14.9 Å². The lowest BCUT2D eigenvalue weighted by molar-refractivity contribution is -0.384. The Labute approximate surface area is 145 Å². The number of nitro groups is 1. The number of anilines is 1. The lowest BCUT2D eigenvalue weighted by Gasteiger charge is -2.10. The van der Waals surface area contributed by atoms with Gasteiger partial charge in [-0.1, -0.05) is 0 Å². The molecule has 0 spiro atoms. The molecule has 0 aliphatic carbocycles. The maximum absolute atomic E-state index is 13.1. The average molecular weight is 366 g/mol. The second-order valence-electron chi connectivity index (χ2n) is 4.92. The van der Waals surface area contributed by atoms with Crippen molar-refractivity contribution in [2.24, 2.45) is 0 Å². The number of benzene rings is 2. The van der Waals surface area contributed by atoms with Crippen molar-refractivity contribution in [3.05, 3.63) is 63.7 Å². The highest BCUT2D eigenvalue weighted by molar-refractivity contribution is 5.96. The molecule has 0 atom stereocenters. The van der Waals surface area contributed by atoms with Crippen LogP contribution in [-0.4, -0.2) is 30.5 Å². The number of amides is 1. The zero-order chi connectivity index (χ0) is 19.3. The number of ether oxygens (including phenoxy) is 2. The molecule has 0 saturated carbocycles. The van der Waals surface area contributed by atoms with Gasteiger partial charge in [0.05, 0.1) is 23.3 Å². The summed E-state index contributed by atoms with van der Waals surface area (Å²) < 4.78 is 35.8. The molecule has 0 unspecified atom stereocenters. The Bertz CT molecular complexity index is 852. The van der Waals surface area contributed by atoms with E-state index in [1.165, 1.54) is 19.2 Å². The fourth-order valence-corrected chi connectivity index (χ4v) is 1.98. The SMILES string of the molecule is COc1ccc([N+](=O)[O-])cc1NC(=O)COC(=O)c1cc(F)cc(F)c1. The summed E-state index contributed by atoms with van der Waals surface area (Å²) in [5.41, 5.74) is -0.684. The zero-order valence-electron chi connectivity index (χ0n) is 13.3. The monoisotopic (exact) mass is 366 g/mol. The van der Waals surface area contributed by atoms with Crippen LogP contribution in [0.5, 0.6) is 5.75 Å². The summed E-state index contributed by atoms with van der Waals surface area (Å²) in [6.07, 6.45) is 0. The van der Waals surface area contributed by atoms with Crippen LogP contribution in [0, 0.1) is 21.7 Å². The predicted molar refractivity (Wildman–Crippen MR) is 84.9 cm³/mol. The van der Waals surface area contributed by atoms with Crippen LogP contribution in [0.3, 0.4) is 0 Å². The number of nitro benzene ring substituents is 1. The number of nitrogens with zero attached hydrogens (tertiary/aromatic N) is 1. The molecule has 0 saturated heterocycles. The number of rotatable bonds is 6. The van der Waals surface area contributed by atoms with Crippen LogP contribution in [-0.2, 0) is 9.53 Å². The fraction of sp³-hybridized carbons (Fsp3) is 0.125. The number of hydrogen-bond acceptors (Lipinski definition) is 6. The van der Waals surface area contributed by atoms with Gasteiger partial charge in [0.15, 0.2) is 6.61 Å². The first-order valence-corrected chi connectivity index (χ1v) is 7.05. The third-order valence-electron chi connectivity index (χ3n) is 3.10. The van der Waals surface area contributed by atoms with Crippen molar-refractivity contribution >= 4 is 23.3 Å². The van der Waals surface area contributed by atoms with Crippen molar-refractivity contribution in [1.82, 2.24) is 0 Å². The van der Waals surface area contributed by atoms with Gasteiger partial charge in [0, 0.05) is 18.2 Å². The summed E-state index contributed by atoms with van der Waals surface area (Å²) in [4.78, 5) is 33.7. The summed E-state index contributed by atoms with van der Waals surface area (Å²) in [5, 5.41) is 13.1. The molecule has 1 amide bonds. The third-order valence-corrected chi connectivity index (χ3v) is 3.10. The van der Waals surface area contributed by atoms with Crippen LogP contribution >= 0.6 is 0 Å². The van der Waals surface area contributed by atoms with Crippen molar-refractivity contribution < 1.29 is 32.8 Å². The van der Waals surface area contributed by atoms with Crippen LogP contribution in [0.25, 0.3) is 0 Å². The van der Waals surface area contributed by atoms with Gasteiger partial charge in [-0.25, -0.2) is 13.6 Å². The largest absolute Gasteiger partial charge is 0.495 e. The van der Waals surface area contributed by atoms with Gasteiger partial charge in [-0.05, 0) is 18.2 Å². The van der Waals surface area contributed by atoms with Gasteiger partial charge < -0.3 is 14.8 Å². The molecule has 10 heteroatoms. The second kappa shape index (κ2) is 8.01. The van der Waals surface area contributed by atoms with E-state index in [0.29, 0.717) is 6.07 Å². The predicted octanol–water partition coefficient (Wildman–Crippen LogP) is 2.68. The topological polar surface area (TPSA) is 108 Å². The Balaban J connectivity index is 2.03. The van der Waals surface area contributed by atoms with Gasteiger partial charge in [0.25, 0.3) is 11.6 Å². The number of carbonyl (C=O) groups excluding carboxylic acids is 2. The minimum Gasteiger partial charge on any atom is -0.495 e. The van der Waals surface area contributed by atoms with Crippen LogP contribution in [0.2, 0.25) is 0 Å². The van der Waals surface area contributed by atoms with E-state index in [4.69, 9.17) is 4.74 Å². The van der Waals surface area contributed by atoms with E-state index < -0.39 is 40.6 Å². The van der Waals surface area contributed by atoms with Gasteiger partial charge in [-0.2, -0.15) is 0 Å². The van der Waals surface area contributed by atoms with E-state index >= 15 is 0 Å². The Morgan fingerprint density at radius 2 is 1.81 bits per heavy atom. The average Bonchev–Trinajstić information content (AvgIpc) is 2.58. The number of hydrogen-bond donors (Lipinski definition) is 1. The number of halogens is 2. The van der Waals surface area contributed by atoms with Crippen molar-refractivity contribution in [3.63, 3.8) is 0 Å². The third kappa shape index (κ3) is 4.72. The van der Waals surface area contributed by atoms with Crippen LogP contribution in [0.1, 0.15) is 10.4 Å². The minimum absolute atomic E-state index is 0.000418. The summed E-state index contributed by atoms with van der Waals surface area (Å²) in [7, 11) is 1.30. The first-order chi connectivity index (χ1) is 12.3. The zero-order valence-corrected chi connectivity index (χ0v) is 13.3. The maximum Gasteiger partial charge on any atom is 0.338 e. The first kappa shape index (κ1) is 18.8. The van der Waals surface area contributed by atoms with Gasteiger partial charge in [-0.15, -0.1) is 0 Å². The lowest BCUT2D eigenvalue weighted by Crippen LogP contribution is -2.21. The molecule has 136 valence electrons. The highest BCUT2D eigenvalue weighted by Crippen LogP contribution is 2.28. The number of non-ortho nitro benzene ring substituents is 1. The molecule has 0 aliphatic rings. The molecule has 2 rings (SSSR count). The Morgan fingerprint density at radius 3 is 2.38 bits per heavy atom. The van der Waals surface area contributed by atoms with E-state index in [9.17, 15) is 28.5 Å². The van der Waals surface area contributed by atoms with Gasteiger partial charge in [0.2, 0.25) is 0 Å². The molecular formula is C16H12F2N2O6. The smallest absolute Gasteiger partial charge is 0.338 e. The molecule has 0 heterocycles. The molecule has 0 aliphatic heterocycles. The van der Waals surface area contributed by atoms with Crippen molar-refractivity contribution in [2.75, 3.05) is 19.0 Å². The van der Waals surface area contributed by atoms with Crippen molar-refractivity contribution in [3.8, 4) is 5.75 Å². The fourth-order valence-electron chi connectivity index (χ4n) is 1.98. The standard InChI is InChI=1S/C16H12F2N2O6/c1-25-14-3-2-12(20(23)24)7-13(14)19-15(21)8-26-16(22)9-4-10(17)6-11(18)5-9/h2-7H,8H2,1H3,(H,19,21). The lowest BCUT2D eigenvalue weighted by atomic mass is 10.2. The van der Waals surface area contributed by atoms with Crippen molar-refractivity contribution in [2.45, 2.75) is 0 Å². The van der Waals surface area contributed by atoms with Gasteiger partial charge in [0.1, 0.15) is 17.4 Å². The molecule has 2 aromatic carbocycles. The molecule has 1 N–H and O–H groups in total. The molecule has 26 heavy (non-hydrogen) atoms. The minimum atomic E-state index is -1.11. The number of carbonyl (C=O) groups is 2. The number of esters is 1. The molecular weight excluding hydrogens is 354 g/mol. The van der Waals surface area contributed by atoms with E-state index in [1.807, 2.05) is 0 Å². The number of nitrogens with one attached hydrogen (secondary N) is 1. The van der Waals surface area contributed by atoms with Crippen molar-refractivity contribution in [1.29, 1.82) is 0 Å². The molecule has 2 aromatic rings. The maximum atomic E-state index is 13.1. The molecule has 8 nitrogen and oxygen atoms in total. The molecule has 0 aromatic heterocycles. The highest BCUT2D eigenvalue weighted by Gasteiger charge is 2.16. The van der Waals surface area contributed by atoms with E-state index in [-0.39, 0.29) is 17.1 Å². The van der Waals surface area contributed by atoms with E-state index in [2.05, 4.69) is 10.1 Å². The second-order valence-corrected chi connectivity index (χ2v) is 4.92. The van der Waals surface area contributed by atoms with Crippen LogP contribution < -0.4 is 10.1 Å².